The lowest BCUT2D eigenvalue weighted by Gasteiger charge is -2.34. The highest BCUT2D eigenvalue weighted by atomic mass is 35.5. The molecule has 0 saturated carbocycles. The van der Waals surface area contributed by atoms with Crippen molar-refractivity contribution in [1.82, 2.24) is 14.7 Å². The second-order valence-electron chi connectivity index (χ2n) is 8.10. The number of hydrogen-bond donors (Lipinski definition) is 2. The number of carbonyl (C=O) groups excluding carboxylic acids is 1. The maximum atomic E-state index is 13.1. The number of hydrogen-bond acceptors (Lipinski definition) is 5. The number of nitrogens with zero attached hydrogens (tertiary/aromatic N) is 2. The number of carboxylic acids is 1. The van der Waals surface area contributed by atoms with Crippen LogP contribution in [0.3, 0.4) is 0 Å². The van der Waals surface area contributed by atoms with E-state index in [-0.39, 0.29) is 29.7 Å². The van der Waals surface area contributed by atoms with Gasteiger partial charge in [-0.2, -0.15) is 4.31 Å². The fourth-order valence-corrected chi connectivity index (χ4v) is 6.22. The van der Waals surface area contributed by atoms with E-state index in [2.05, 4.69) is 5.43 Å². The molecule has 2 unspecified atom stereocenters. The normalized spacial score (nSPS) is 23.8. The van der Waals surface area contributed by atoms with Gasteiger partial charge in [-0.05, 0) is 56.2 Å². The van der Waals surface area contributed by atoms with Crippen molar-refractivity contribution in [2.24, 2.45) is 11.8 Å². The van der Waals surface area contributed by atoms with Crippen molar-refractivity contribution in [2.75, 3.05) is 26.2 Å². The van der Waals surface area contributed by atoms with E-state index in [1.165, 1.54) is 4.31 Å². The average Bonchev–Trinajstić information content (AvgIpc) is 2.70. The minimum atomic E-state index is -3.69. The van der Waals surface area contributed by atoms with Crippen LogP contribution in [0.1, 0.15) is 37.7 Å². The predicted molar refractivity (Wildman–Crippen MR) is 112 cm³/mol. The number of hydrazine groups is 1. The van der Waals surface area contributed by atoms with Gasteiger partial charge in [-0.15, -0.1) is 0 Å². The van der Waals surface area contributed by atoms with Gasteiger partial charge in [0.25, 0.3) is 0 Å². The standard InChI is InChI=1S/C20H28ClN3O5S/c1-14-17(21)7-2-8-18(14)30(28,29)24-10-3-5-15(12-24)11-19(25)22-23-9-4-6-16(13-23)20(26)27/h2,7-8,15-16H,3-6,9-13H2,1H3,(H,22,25)(H,26,27). The molecule has 2 fully saturated rings. The molecule has 1 amide bonds. The van der Waals surface area contributed by atoms with Gasteiger partial charge in [0.15, 0.2) is 0 Å². The van der Waals surface area contributed by atoms with Crippen molar-refractivity contribution in [3.05, 3.63) is 28.8 Å². The first kappa shape index (κ1) is 23.0. The van der Waals surface area contributed by atoms with Gasteiger partial charge < -0.3 is 5.11 Å². The summed E-state index contributed by atoms with van der Waals surface area (Å²) >= 11 is 6.10. The minimum absolute atomic E-state index is 0.0897. The van der Waals surface area contributed by atoms with Gasteiger partial charge in [0.05, 0.1) is 10.8 Å². The first-order chi connectivity index (χ1) is 14.2. The smallest absolute Gasteiger partial charge is 0.307 e. The van der Waals surface area contributed by atoms with Crippen LogP contribution in [-0.2, 0) is 19.6 Å². The lowest BCUT2D eigenvalue weighted by Crippen LogP contribution is -2.50. The monoisotopic (exact) mass is 457 g/mol. The van der Waals surface area contributed by atoms with Crippen molar-refractivity contribution < 1.29 is 23.1 Å². The van der Waals surface area contributed by atoms with Crippen LogP contribution in [0.5, 0.6) is 0 Å². The number of carbonyl (C=O) groups is 2. The van der Waals surface area contributed by atoms with Crippen LogP contribution in [0.25, 0.3) is 0 Å². The molecule has 0 spiro atoms. The molecule has 2 saturated heterocycles. The Kier molecular flexibility index (Phi) is 7.38. The Bertz CT molecular complexity index is 908. The Morgan fingerprint density at radius 2 is 1.93 bits per heavy atom. The fraction of sp³-hybridized carbons (Fsp3) is 0.600. The number of piperidine rings is 2. The Morgan fingerprint density at radius 1 is 1.20 bits per heavy atom. The molecule has 0 radical (unpaired) electrons. The third kappa shape index (κ3) is 5.32. The van der Waals surface area contributed by atoms with Gasteiger partial charge in [-0.1, -0.05) is 17.7 Å². The number of aliphatic carboxylic acids is 1. The fourth-order valence-electron chi connectivity index (χ4n) is 4.18. The van der Waals surface area contributed by atoms with Gasteiger partial charge in [0.2, 0.25) is 15.9 Å². The summed E-state index contributed by atoms with van der Waals surface area (Å²) in [6.45, 7) is 3.29. The quantitative estimate of drug-likeness (QED) is 0.678. The molecule has 1 aromatic carbocycles. The number of rotatable bonds is 6. The zero-order valence-electron chi connectivity index (χ0n) is 17.0. The maximum Gasteiger partial charge on any atom is 0.307 e. The second kappa shape index (κ2) is 9.64. The molecule has 0 aliphatic carbocycles. The van der Waals surface area contributed by atoms with E-state index in [1.807, 2.05) is 0 Å². The van der Waals surface area contributed by atoms with Crippen LogP contribution < -0.4 is 5.43 Å². The van der Waals surface area contributed by atoms with Crippen LogP contribution >= 0.6 is 11.6 Å². The number of amides is 1. The SMILES string of the molecule is Cc1c(Cl)cccc1S(=O)(=O)N1CCCC(CC(=O)NN2CCCC(C(=O)O)C2)C1. The van der Waals surface area contributed by atoms with E-state index in [0.717, 1.165) is 6.42 Å². The minimum Gasteiger partial charge on any atom is -0.481 e. The zero-order chi connectivity index (χ0) is 21.9. The van der Waals surface area contributed by atoms with Gasteiger partial charge in [0.1, 0.15) is 0 Å². The van der Waals surface area contributed by atoms with Crippen LogP contribution in [-0.4, -0.2) is 60.9 Å². The maximum absolute atomic E-state index is 13.1. The van der Waals surface area contributed by atoms with Crippen molar-refractivity contribution in [3.63, 3.8) is 0 Å². The average molecular weight is 458 g/mol. The summed E-state index contributed by atoms with van der Waals surface area (Å²) in [6.07, 6.45) is 2.98. The van der Waals surface area contributed by atoms with Gasteiger partial charge in [-0.25, -0.2) is 13.4 Å². The number of nitrogens with one attached hydrogen (secondary N) is 1. The van der Waals surface area contributed by atoms with E-state index >= 15 is 0 Å². The van der Waals surface area contributed by atoms with Crippen molar-refractivity contribution >= 4 is 33.5 Å². The molecule has 2 heterocycles. The van der Waals surface area contributed by atoms with E-state index in [4.69, 9.17) is 11.6 Å². The van der Waals surface area contributed by atoms with Crippen LogP contribution in [0.15, 0.2) is 23.1 Å². The summed E-state index contributed by atoms with van der Waals surface area (Å²) in [4.78, 5) is 23.9. The highest BCUT2D eigenvalue weighted by Gasteiger charge is 2.33. The van der Waals surface area contributed by atoms with Crippen molar-refractivity contribution in [3.8, 4) is 0 Å². The van der Waals surface area contributed by atoms with Crippen molar-refractivity contribution in [2.45, 2.75) is 43.9 Å². The summed E-state index contributed by atoms with van der Waals surface area (Å²) in [5.74, 6) is -1.62. The van der Waals surface area contributed by atoms with Crippen molar-refractivity contribution in [1.29, 1.82) is 0 Å². The van der Waals surface area contributed by atoms with Crippen LogP contribution in [0.4, 0.5) is 0 Å². The molecule has 2 aliphatic heterocycles. The second-order valence-corrected chi connectivity index (χ2v) is 10.4. The molecule has 166 valence electrons. The molecule has 1 aromatic rings. The molecular weight excluding hydrogens is 430 g/mol. The largest absolute Gasteiger partial charge is 0.481 e. The lowest BCUT2D eigenvalue weighted by molar-refractivity contribution is -0.145. The zero-order valence-corrected chi connectivity index (χ0v) is 18.6. The Balaban J connectivity index is 1.60. The van der Waals surface area contributed by atoms with Crippen LogP contribution in [0.2, 0.25) is 5.02 Å². The molecule has 3 rings (SSSR count). The molecule has 30 heavy (non-hydrogen) atoms. The molecule has 0 aromatic heterocycles. The van der Waals surface area contributed by atoms with Gasteiger partial charge in [0, 0.05) is 37.6 Å². The summed E-state index contributed by atoms with van der Waals surface area (Å²) in [7, 11) is -3.69. The third-order valence-corrected chi connectivity index (χ3v) is 8.26. The van der Waals surface area contributed by atoms with Gasteiger partial charge >= 0.3 is 5.97 Å². The van der Waals surface area contributed by atoms with E-state index < -0.39 is 21.9 Å². The lowest BCUT2D eigenvalue weighted by atomic mass is 9.96. The first-order valence-corrected chi connectivity index (χ1v) is 12.0. The molecular formula is C20H28ClN3O5S. The van der Waals surface area contributed by atoms with E-state index in [9.17, 15) is 23.1 Å². The Hall–Kier alpha value is -1.68. The number of halogens is 1. The van der Waals surface area contributed by atoms with E-state index in [0.29, 0.717) is 49.5 Å². The van der Waals surface area contributed by atoms with Crippen LogP contribution in [0, 0.1) is 18.8 Å². The molecule has 8 nitrogen and oxygen atoms in total. The first-order valence-electron chi connectivity index (χ1n) is 10.2. The Labute approximate surface area is 182 Å². The number of benzene rings is 1. The summed E-state index contributed by atoms with van der Waals surface area (Å²) in [6, 6.07) is 4.84. The molecule has 10 heteroatoms. The highest BCUT2D eigenvalue weighted by Crippen LogP contribution is 2.29. The molecule has 2 atom stereocenters. The predicted octanol–water partition coefficient (Wildman–Crippen LogP) is 2.27. The number of carboxylic acid groups (broad SMARTS) is 1. The molecule has 0 bridgehead atoms. The Morgan fingerprint density at radius 3 is 2.67 bits per heavy atom. The highest BCUT2D eigenvalue weighted by molar-refractivity contribution is 7.89. The van der Waals surface area contributed by atoms with E-state index in [1.54, 1.807) is 30.1 Å². The molecule has 2 N–H and O–H groups in total. The topological polar surface area (TPSA) is 107 Å². The third-order valence-electron chi connectivity index (χ3n) is 5.85. The summed E-state index contributed by atoms with van der Waals surface area (Å²) in [5, 5.41) is 11.2. The van der Waals surface area contributed by atoms with Gasteiger partial charge in [-0.3, -0.25) is 15.0 Å². The summed E-state index contributed by atoms with van der Waals surface area (Å²) in [5.41, 5.74) is 3.32. The summed E-state index contributed by atoms with van der Waals surface area (Å²) < 4.78 is 27.7. The number of sulfonamides is 1. The molecule has 2 aliphatic rings.